The van der Waals surface area contributed by atoms with Crippen LogP contribution in [0.1, 0.15) is 25.8 Å². The summed E-state index contributed by atoms with van der Waals surface area (Å²) < 4.78 is 23.3. The minimum absolute atomic E-state index is 0.103. The van der Waals surface area contributed by atoms with Gasteiger partial charge in [-0.1, -0.05) is 65.1 Å². The van der Waals surface area contributed by atoms with Gasteiger partial charge in [0.1, 0.15) is 5.75 Å². The summed E-state index contributed by atoms with van der Waals surface area (Å²) in [5, 5.41) is 4.30. The molecule has 0 saturated carbocycles. The van der Waals surface area contributed by atoms with Crippen molar-refractivity contribution in [3.05, 3.63) is 63.1 Å². The summed E-state index contributed by atoms with van der Waals surface area (Å²) in [6, 6.07) is 10.6. The highest BCUT2D eigenvalue weighted by molar-refractivity contribution is 7.72. The molecule has 0 aromatic heterocycles. The molecule has 0 spiro atoms. The van der Waals surface area contributed by atoms with Crippen molar-refractivity contribution in [3.8, 4) is 5.75 Å². The van der Waals surface area contributed by atoms with Crippen LogP contribution in [0.15, 0.2) is 47.6 Å². The van der Waals surface area contributed by atoms with Crippen LogP contribution in [0.3, 0.4) is 0 Å². The number of ether oxygens (including phenoxy) is 1. The molecule has 1 N–H and O–H groups in total. The Morgan fingerprint density at radius 2 is 1.83 bits per heavy atom. The summed E-state index contributed by atoms with van der Waals surface area (Å²) in [6.07, 6.45) is -0.0559. The van der Waals surface area contributed by atoms with Gasteiger partial charge in [-0.25, -0.2) is 4.79 Å². The molecule has 11 heteroatoms. The molecule has 162 valence electrons. The lowest BCUT2D eigenvalue weighted by atomic mass is 10.2. The van der Waals surface area contributed by atoms with Gasteiger partial charge >= 0.3 is 13.6 Å². The lowest BCUT2D eigenvalue weighted by Crippen LogP contribution is -2.16. The summed E-state index contributed by atoms with van der Waals surface area (Å²) in [5.74, 6) is -0.640. The first kappa shape index (κ1) is 24.7. The van der Waals surface area contributed by atoms with E-state index in [4.69, 9.17) is 48.9 Å². The van der Waals surface area contributed by atoms with Crippen LogP contribution in [-0.2, 0) is 18.7 Å². The Kier molecular flexibility index (Phi) is 9.16. The van der Waals surface area contributed by atoms with Gasteiger partial charge in [0.05, 0.1) is 21.2 Å². The Labute approximate surface area is 189 Å². The molecular formula is C19H19Cl3NO6P. The predicted molar refractivity (Wildman–Crippen MR) is 117 cm³/mol. The van der Waals surface area contributed by atoms with Gasteiger partial charge in [0, 0.05) is 11.6 Å². The van der Waals surface area contributed by atoms with Crippen LogP contribution in [0.5, 0.6) is 5.75 Å². The van der Waals surface area contributed by atoms with E-state index in [-0.39, 0.29) is 21.4 Å². The number of oxime groups is 1. The highest BCUT2D eigenvalue weighted by Gasteiger charge is 2.34. The Morgan fingerprint density at radius 3 is 2.47 bits per heavy atom. The minimum atomic E-state index is -4.45. The van der Waals surface area contributed by atoms with E-state index in [0.717, 1.165) is 0 Å². The van der Waals surface area contributed by atoms with Crippen molar-refractivity contribution in [3.63, 3.8) is 0 Å². The van der Waals surface area contributed by atoms with Crippen molar-refractivity contribution in [1.29, 1.82) is 0 Å². The Hall–Kier alpha value is -1.60. The zero-order valence-electron chi connectivity index (χ0n) is 16.0. The lowest BCUT2D eigenvalue weighted by molar-refractivity contribution is -0.145. The van der Waals surface area contributed by atoms with E-state index in [9.17, 15) is 14.3 Å². The van der Waals surface area contributed by atoms with E-state index in [1.54, 1.807) is 26.0 Å². The maximum absolute atomic E-state index is 12.8. The Balaban J connectivity index is 2.19. The van der Waals surface area contributed by atoms with Gasteiger partial charge in [-0.15, -0.1) is 0 Å². The number of hydrogen-bond acceptors (Lipinski definition) is 6. The zero-order chi connectivity index (χ0) is 22.3. The third kappa shape index (κ3) is 6.98. The largest absolute Gasteiger partial charge is 0.482 e. The lowest BCUT2D eigenvalue weighted by Gasteiger charge is -2.18. The summed E-state index contributed by atoms with van der Waals surface area (Å²) in [4.78, 5) is 27.2. The number of halogens is 3. The summed E-state index contributed by atoms with van der Waals surface area (Å²) in [6.45, 7) is 2.89. The second-order valence-corrected chi connectivity index (χ2v) is 8.96. The van der Waals surface area contributed by atoms with Crippen LogP contribution >= 0.6 is 42.4 Å². The topological polar surface area (TPSA) is 94.4 Å². The molecule has 2 rings (SSSR count). The van der Waals surface area contributed by atoms with Gasteiger partial charge < -0.3 is 19.0 Å². The van der Waals surface area contributed by atoms with Crippen molar-refractivity contribution in [1.82, 2.24) is 0 Å². The third-order valence-electron chi connectivity index (χ3n) is 3.76. The first-order valence-corrected chi connectivity index (χ1v) is 11.5. The average molecular weight is 495 g/mol. The van der Waals surface area contributed by atoms with Crippen LogP contribution in [0.25, 0.3) is 0 Å². The number of carbonyl (C=O) groups is 1. The molecule has 0 aliphatic heterocycles. The molecule has 0 saturated heterocycles. The fourth-order valence-corrected chi connectivity index (χ4v) is 4.05. The van der Waals surface area contributed by atoms with E-state index in [0.29, 0.717) is 11.4 Å². The second kappa shape index (κ2) is 11.1. The first-order valence-electron chi connectivity index (χ1n) is 8.76. The summed E-state index contributed by atoms with van der Waals surface area (Å²) in [5.41, 5.74) is -0.386. The average Bonchev–Trinajstić information content (AvgIpc) is 2.69. The van der Waals surface area contributed by atoms with Crippen LogP contribution in [0, 0.1) is 0 Å². The van der Waals surface area contributed by atoms with Gasteiger partial charge in [0.2, 0.25) is 5.45 Å². The van der Waals surface area contributed by atoms with Crippen molar-refractivity contribution in [2.24, 2.45) is 5.16 Å². The molecule has 0 aliphatic rings. The van der Waals surface area contributed by atoms with E-state index in [2.05, 4.69) is 5.16 Å². The molecule has 0 fully saturated rings. The number of hydrogen-bond donors (Lipinski definition) is 1. The highest BCUT2D eigenvalue weighted by Crippen LogP contribution is 2.49. The highest BCUT2D eigenvalue weighted by atomic mass is 35.5. The van der Waals surface area contributed by atoms with Crippen LogP contribution in [0.2, 0.25) is 15.1 Å². The van der Waals surface area contributed by atoms with Crippen molar-refractivity contribution in [2.75, 3.05) is 6.61 Å². The number of benzene rings is 2. The molecule has 7 nitrogen and oxygen atoms in total. The number of nitrogens with zero attached hydrogens (tertiary/aromatic N) is 1. The Morgan fingerprint density at radius 1 is 1.13 bits per heavy atom. The molecule has 0 heterocycles. The minimum Gasteiger partial charge on any atom is -0.482 e. The molecule has 30 heavy (non-hydrogen) atoms. The van der Waals surface area contributed by atoms with E-state index in [1.807, 2.05) is 0 Å². The fraction of sp³-hybridized carbons (Fsp3) is 0.263. The molecule has 0 aliphatic carbocycles. The molecule has 2 aromatic rings. The van der Waals surface area contributed by atoms with Crippen molar-refractivity contribution < 1.29 is 28.4 Å². The molecular weight excluding hydrogens is 476 g/mol. The van der Waals surface area contributed by atoms with E-state index >= 15 is 0 Å². The number of rotatable bonds is 9. The molecule has 2 atom stereocenters. The summed E-state index contributed by atoms with van der Waals surface area (Å²) >= 11 is 17.8. The van der Waals surface area contributed by atoms with Crippen molar-refractivity contribution >= 4 is 53.8 Å². The fourth-order valence-electron chi connectivity index (χ4n) is 2.09. The smallest absolute Gasteiger partial charge is 0.381 e. The number of carbonyl (C=O) groups excluding carboxylic acids is 1. The van der Waals surface area contributed by atoms with E-state index < -0.39 is 31.7 Å². The van der Waals surface area contributed by atoms with Crippen LogP contribution < -0.4 is 4.74 Å². The van der Waals surface area contributed by atoms with Gasteiger partial charge in [-0.3, -0.25) is 4.57 Å². The standard InChI is InChI=1S/C19H19Cl3NO6P/c1-3-12(2)29-30(25,26)19(14-6-4-5-7-15(14)20)23-28-18(24)11-27-13-8-9-16(21)17(22)10-13/h4-10,12H,3,11H2,1-2H3,(H,25,26). The SMILES string of the molecule is CCC(C)OP(=O)(O)C(=NOC(=O)COc1ccc(Cl)c(Cl)c1)c1ccccc1Cl. The van der Waals surface area contributed by atoms with Gasteiger partial charge in [-0.2, -0.15) is 0 Å². The molecule has 0 radical (unpaired) electrons. The van der Waals surface area contributed by atoms with Gasteiger partial charge in [0.25, 0.3) is 0 Å². The molecule has 2 unspecified atom stereocenters. The Bertz CT molecular complexity index is 984. The first-order chi connectivity index (χ1) is 14.1. The van der Waals surface area contributed by atoms with Crippen LogP contribution in [0.4, 0.5) is 0 Å². The monoisotopic (exact) mass is 493 g/mol. The van der Waals surface area contributed by atoms with Gasteiger partial charge in [-0.05, 0) is 31.5 Å². The van der Waals surface area contributed by atoms with E-state index in [1.165, 1.54) is 30.3 Å². The second-order valence-electron chi connectivity index (χ2n) is 6.07. The zero-order valence-corrected chi connectivity index (χ0v) is 19.2. The van der Waals surface area contributed by atoms with Gasteiger partial charge in [0.15, 0.2) is 6.61 Å². The maximum atomic E-state index is 12.8. The predicted octanol–water partition coefficient (Wildman–Crippen LogP) is 5.93. The van der Waals surface area contributed by atoms with Crippen molar-refractivity contribution in [2.45, 2.75) is 26.4 Å². The van der Waals surface area contributed by atoms with Crippen LogP contribution in [-0.4, -0.2) is 29.0 Å². The third-order valence-corrected chi connectivity index (χ3v) is 6.33. The quantitative estimate of drug-likeness (QED) is 0.201. The normalized spacial score (nSPS) is 14.7. The molecule has 0 amide bonds. The maximum Gasteiger partial charge on any atom is 0.381 e. The molecule has 2 aromatic carbocycles. The molecule has 0 bridgehead atoms. The summed E-state index contributed by atoms with van der Waals surface area (Å²) in [7, 11) is -4.45.